The number of rotatable bonds is 6. The molecule has 0 atom stereocenters. The number of nitrogens with zero attached hydrogens (tertiary/aromatic N) is 1. The predicted octanol–water partition coefficient (Wildman–Crippen LogP) is 6.01. The first kappa shape index (κ1) is 21.8. The van der Waals surface area contributed by atoms with Crippen LogP contribution >= 0.6 is 11.6 Å². The zero-order valence-electron chi connectivity index (χ0n) is 16.9. The van der Waals surface area contributed by atoms with Crippen molar-refractivity contribution in [1.29, 1.82) is 0 Å². The summed E-state index contributed by atoms with van der Waals surface area (Å²) in [4.78, 5) is 35.8. The van der Waals surface area contributed by atoms with Gasteiger partial charge in [0.15, 0.2) is 5.76 Å². The summed E-state index contributed by atoms with van der Waals surface area (Å²) in [5.74, 6) is -0.754. The fourth-order valence-electron chi connectivity index (χ4n) is 3.12. The molecule has 4 aromatic rings. The van der Waals surface area contributed by atoms with E-state index in [2.05, 4.69) is 10.6 Å². The highest BCUT2D eigenvalue weighted by Crippen LogP contribution is 2.31. The van der Waals surface area contributed by atoms with Gasteiger partial charge in [0.25, 0.3) is 17.5 Å². The van der Waals surface area contributed by atoms with Gasteiger partial charge in [-0.05, 0) is 48.5 Å². The van der Waals surface area contributed by atoms with Crippen molar-refractivity contribution in [3.05, 3.63) is 111 Å². The number of furan rings is 1. The Balaban J connectivity index is 1.51. The van der Waals surface area contributed by atoms with Gasteiger partial charge in [0.1, 0.15) is 5.76 Å². The minimum Gasteiger partial charge on any atom is -0.451 e. The number of halogens is 1. The Morgan fingerprint density at radius 3 is 2.33 bits per heavy atom. The summed E-state index contributed by atoms with van der Waals surface area (Å²) in [7, 11) is 0. The molecular weight excluding hydrogens is 446 g/mol. The van der Waals surface area contributed by atoms with Gasteiger partial charge in [-0.25, -0.2) is 0 Å². The van der Waals surface area contributed by atoms with E-state index in [4.69, 9.17) is 16.0 Å². The van der Waals surface area contributed by atoms with E-state index in [1.54, 1.807) is 60.7 Å². The molecule has 0 unspecified atom stereocenters. The normalized spacial score (nSPS) is 10.5. The Hall–Kier alpha value is -4.43. The van der Waals surface area contributed by atoms with Crippen LogP contribution in [0.5, 0.6) is 0 Å². The molecule has 0 saturated heterocycles. The van der Waals surface area contributed by atoms with E-state index < -0.39 is 10.8 Å². The number of hydrogen-bond acceptors (Lipinski definition) is 5. The molecule has 0 aliphatic rings. The highest BCUT2D eigenvalue weighted by Gasteiger charge is 2.19. The van der Waals surface area contributed by atoms with Crippen molar-refractivity contribution in [1.82, 2.24) is 0 Å². The molecule has 3 aromatic carbocycles. The Labute approximate surface area is 193 Å². The van der Waals surface area contributed by atoms with E-state index in [-0.39, 0.29) is 28.7 Å². The lowest BCUT2D eigenvalue weighted by atomic mass is 10.1. The number of para-hydroxylation sites is 1. The van der Waals surface area contributed by atoms with Gasteiger partial charge in [-0.3, -0.25) is 19.7 Å². The third-order valence-corrected chi connectivity index (χ3v) is 5.03. The molecule has 0 bridgehead atoms. The highest BCUT2D eigenvalue weighted by molar-refractivity contribution is 6.34. The lowest BCUT2D eigenvalue weighted by molar-refractivity contribution is -0.384. The minimum atomic E-state index is -0.567. The van der Waals surface area contributed by atoms with Gasteiger partial charge in [0.05, 0.1) is 21.2 Å². The molecule has 164 valence electrons. The average molecular weight is 462 g/mol. The number of amides is 2. The summed E-state index contributed by atoms with van der Waals surface area (Å²) in [5.41, 5.74) is 1.29. The molecule has 0 saturated carbocycles. The molecule has 8 nitrogen and oxygen atoms in total. The van der Waals surface area contributed by atoms with Crippen molar-refractivity contribution in [3.63, 3.8) is 0 Å². The SMILES string of the molecule is O=C(Nc1cc(NC(=O)c2ccc(-c3ccccc3[N+](=O)[O-])o2)ccc1Cl)c1ccccc1. The maximum atomic E-state index is 12.7. The first-order valence-electron chi connectivity index (χ1n) is 9.73. The van der Waals surface area contributed by atoms with Gasteiger partial charge in [0.2, 0.25) is 0 Å². The molecule has 1 aromatic heterocycles. The van der Waals surface area contributed by atoms with Gasteiger partial charge < -0.3 is 15.1 Å². The fraction of sp³-hybridized carbons (Fsp3) is 0. The molecule has 33 heavy (non-hydrogen) atoms. The van der Waals surface area contributed by atoms with Crippen LogP contribution < -0.4 is 10.6 Å². The van der Waals surface area contributed by atoms with E-state index in [9.17, 15) is 19.7 Å². The Bertz CT molecular complexity index is 1350. The molecule has 0 spiro atoms. The van der Waals surface area contributed by atoms with Crippen LogP contribution in [0.1, 0.15) is 20.9 Å². The van der Waals surface area contributed by atoms with E-state index >= 15 is 0 Å². The average Bonchev–Trinajstić information content (AvgIpc) is 3.32. The van der Waals surface area contributed by atoms with Crippen molar-refractivity contribution >= 4 is 40.5 Å². The lowest BCUT2D eigenvalue weighted by Crippen LogP contribution is -2.14. The van der Waals surface area contributed by atoms with E-state index in [1.807, 2.05) is 0 Å². The zero-order valence-corrected chi connectivity index (χ0v) is 17.7. The van der Waals surface area contributed by atoms with E-state index in [0.717, 1.165) is 0 Å². The number of carbonyl (C=O) groups is 2. The van der Waals surface area contributed by atoms with Gasteiger partial charge in [-0.1, -0.05) is 41.9 Å². The first-order valence-corrected chi connectivity index (χ1v) is 10.1. The summed E-state index contributed by atoms with van der Waals surface area (Å²) in [5, 5.41) is 16.9. The van der Waals surface area contributed by atoms with Crippen LogP contribution in [-0.4, -0.2) is 16.7 Å². The summed E-state index contributed by atoms with van der Waals surface area (Å²) < 4.78 is 5.56. The summed E-state index contributed by atoms with van der Waals surface area (Å²) in [6.07, 6.45) is 0. The van der Waals surface area contributed by atoms with Gasteiger partial charge in [0, 0.05) is 17.3 Å². The van der Waals surface area contributed by atoms with Crippen LogP contribution in [-0.2, 0) is 0 Å². The molecule has 0 aliphatic carbocycles. The van der Waals surface area contributed by atoms with Crippen molar-refractivity contribution in [2.75, 3.05) is 10.6 Å². The quantitative estimate of drug-likeness (QED) is 0.269. The molecule has 9 heteroatoms. The second kappa shape index (κ2) is 9.37. The van der Waals surface area contributed by atoms with Gasteiger partial charge >= 0.3 is 0 Å². The smallest absolute Gasteiger partial charge is 0.291 e. The van der Waals surface area contributed by atoms with Crippen LogP contribution in [0.2, 0.25) is 5.02 Å². The number of benzene rings is 3. The predicted molar refractivity (Wildman–Crippen MR) is 125 cm³/mol. The Kier molecular flexibility index (Phi) is 6.19. The van der Waals surface area contributed by atoms with Gasteiger partial charge in [-0.2, -0.15) is 0 Å². The molecule has 2 N–H and O–H groups in total. The number of nitro groups is 1. The minimum absolute atomic E-state index is 0.0343. The van der Waals surface area contributed by atoms with Crippen molar-refractivity contribution in [2.45, 2.75) is 0 Å². The maximum Gasteiger partial charge on any atom is 0.291 e. The maximum absolute atomic E-state index is 12.7. The third kappa shape index (κ3) is 4.91. The van der Waals surface area contributed by atoms with Crippen LogP contribution in [0, 0.1) is 10.1 Å². The van der Waals surface area contributed by atoms with Crippen molar-refractivity contribution < 1.29 is 18.9 Å². The van der Waals surface area contributed by atoms with Crippen molar-refractivity contribution in [3.8, 4) is 11.3 Å². The summed E-state index contributed by atoms with van der Waals surface area (Å²) in [6, 6.07) is 22.3. The molecule has 1 heterocycles. The molecule has 2 amide bonds. The number of carbonyl (C=O) groups excluding carboxylic acids is 2. The molecule has 0 fully saturated rings. The Morgan fingerprint density at radius 2 is 1.58 bits per heavy atom. The zero-order chi connectivity index (χ0) is 23.4. The largest absolute Gasteiger partial charge is 0.451 e. The van der Waals surface area contributed by atoms with Crippen LogP contribution in [0.4, 0.5) is 17.1 Å². The summed E-state index contributed by atoms with van der Waals surface area (Å²) in [6.45, 7) is 0. The Morgan fingerprint density at radius 1 is 0.848 bits per heavy atom. The van der Waals surface area contributed by atoms with Crippen LogP contribution in [0.25, 0.3) is 11.3 Å². The standard InChI is InChI=1S/C24H16ClN3O5/c25-18-11-10-16(14-19(18)27-23(29)15-6-2-1-3-7-15)26-24(30)22-13-12-21(33-22)17-8-4-5-9-20(17)28(31)32/h1-14H,(H,26,30)(H,27,29). The number of nitro benzene ring substituents is 1. The molecular formula is C24H16ClN3O5. The number of nitrogens with one attached hydrogen (secondary N) is 2. The number of hydrogen-bond donors (Lipinski definition) is 2. The lowest BCUT2D eigenvalue weighted by Gasteiger charge is -2.10. The first-order chi connectivity index (χ1) is 15.9. The van der Waals surface area contributed by atoms with Crippen LogP contribution in [0.15, 0.2) is 89.3 Å². The topological polar surface area (TPSA) is 114 Å². The summed E-state index contributed by atoms with van der Waals surface area (Å²) >= 11 is 6.19. The second-order valence-corrected chi connectivity index (χ2v) is 7.31. The molecule has 0 aliphatic heterocycles. The van der Waals surface area contributed by atoms with Gasteiger partial charge in [-0.15, -0.1) is 0 Å². The molecule has 0 radical (unpaired) electrons. The van der Waals surface area contributed by atoms with E-state index in [0.29, 0.717) is 22.0 Å². The van der Waals surface area contributed by atoms with E-state index in [1.165, 1.54) is 24.3 Å². The third-order valence-electron chi connectivity index (χ3n) is 4.70. The monoisotopic (exact) mass is 461 g/mol. The van der Waals surface area contributed by atoms with Crippen molar-refractivity contribution in [2.24, 2.45) is 0 Å². The fourth-order valence-corrected chi connectivity index (χ4v) is 3.29. The highest BCUT2D eigenvalue weighted by atomic mass is 35.5. The number of anilines is 2. The molecule has 4 rings (SSSR count). The van der Waals surface area contributed by atoms with Crippen LogP contribution in [0.3, 0.4) is 0 Å². The second-order valence-electron chi connectivity index (χ2n) is 6.91.